The fourth-order valence-corrected chi connectivity index (χ4v) is 3.02. The highest BCUT2D eigenvalue weighted by Crippen LogP contribution is 2.37. The van der Waals surface area contributed by atoms with Crippen molar-refractivity contribution in [2.24, 2.45) is 0 Å². The standard InChI is InChI=1S/C13H11N3O3S/c1-13(12(18)19)15-8-6-9(7-2-4-14-5-3-7)20-10(8)11(17)16-13/h2-6,15H,1H3,(H,16,17)(H,18,19). The number of thiophene rings is 1. The topological polar surface area (TPSA) is 91.3 Å². The Labute approximate surface area is 118 Å². The van der Waals surface area contributed by atoms with Crippen molar-refractivity contribution < 1.29 is 14.7 Å². The molecule has 0 radical (unpaired) electrons. The summed E-state index contributed by atoms with van der Waals surface area (Å²) in [5.74, 6) is -1.51. The van der Waals surface area contributed by atoms with Gasteiger partial charge in [0.2, 0.25) is 5.66 Å². The van der Waals surface area contributed by atoms with Gasteiger partial charge in [-0.2, -0.15) is 0 Å². The number of hydrogen-bond donors (Lipinski definition) is 3. The van der Waals surface area contributed by atoms with E-state index in [1.165, 1.54) is 18.3 Å². The number of nitrogens with one attached hydrogen (secondary N) is 2. The summed E-state index contributed by atoms with van der Waals surface area (Å²) in [7, 11) is 0. The lowest BCUT2D eigenvalue weighted by atomic mass is 10.1. The van der Waals surface area contributed by atoms with Crippen molar-refractivity contribution in [3.05, 3.63) is 35.5 Å². The van der Waals surface area contributed by atoms with Crippen LogP contribution in [0, 0.1) is 0 Å². The SMILES string of the molecule is CC1(C(=O)O)NC(=O)c2sc(-c3ccncc3)cc2N1. The fourth-order valence-electron chi connectivity index (χ4n) is 2.00. The van der Waals surface area contributed by atoms with Gasteiger partial charge in [0.25, 0.3) is 5.91 Å². The summed E-state index contributed by atoms with van der Waals surface area (Å²) >= 11 is 1.31. The van der Waals surface area contributed by atoms with Gasteiger partial charge in [-0.3, -0.25) is 9.78 Å². The first-order valence-corrected chi connectivity index (χ1v) is 6.69. The van der Waals surface area contributed by atoms with Gasteiger partial charge in [-0.1, -0.05) is 0 Å². The van der Waals surface area contributed by atoms with E-state index in [2.05, 4.69) is 15.6 Å². The molecule has 1 unspecified atom stereocenters. The Balaban J connectivity index is 2.04. The number of carboxylic acids is 1. The first-order chi connectivity index (χ1) is 9.49. The third-order valence-electron chi connectivity index (χ3n) is 3.08. The van der Waals surface area contributed by atoms with Gasteiger partial charge in [-0.15, -0.1) is 11.3 Å². The zero-order valence-electron chi connectivity index (χ0n) is 10.5. The Bertz CT molecular complexity index is 698. The number of hydrogen-bond acceptors (Lipinski definition) is 5. The number of amides is 1. The molecule has 6 nitrogen and oxygen atoms in total. The van der Waals surface area contributed by atoms with Gasteiger partial charge >= 0.3 is 5.97 Å². The van der Waals surface area contributed by atoms with E-state index in [-0.39, 0.29) is 5.91 Å². The van der Waals surface area contributed by atoms with E-state index in [1.807, 2.05) is 12.1 Å². The molecule has 1 aliphatic rings. The highest BCUT2D eigenvalue weighted by molar-refractivity contribution is 7.18. The number of aliphatic carboxylic acids is 1. The van der Waals surface area contributed by atoms with E-state index < -0.39 is 11.6 Å². The fraction of sp³-hybridized carbons (Fsp3) is 0.154. The van der Waals surface area contributed by atoms with Crippen LogP contribution in [-0.2, 0) is 4.79 Å². The lowest BCUT2D eigenvalue weighted by Gasteiger charge is -2.32. The van der Waals surface area contributed by atoms with Crippen molar-refractivity contribution in [2.45, 2.75) is 12.6 Å². The number of nitrogens with zero attached hydrogens (tertiary/aromatic N) is 1. The molecule has 0 fully saturated rings. The molecule has 1 aliphatic heterocycles. The number of anilines is 1. The maximum atomic E-state index is 12.0. The quantitative estimate of drug-likeness (QED) is 0.783. The molecule has 7 heteroatoms. The van der Waals surface area contributed by atoms with Crippen molar-refractivity contribution in [3.8, 4) is 10.4 Å². The highest BCUT2D eigenvalue weighted by atomic mass is 32.1. The van der Waals surface area contributed by atoms with Crippen LogP contribution in [0.15, 0.2) is 30.6 Å². The summed E-state index contributed by atoms with van der Waals surface area (Å²) in [5.41, 5.74) is -0.0118. The monoisotopic (exact) mass is 289 g/mol. The average molecular weight is 289 g/mol. The molecular weight excluding hydrogens is 278 g/mol. The van der Waals surface area contributed by atoms with Crippen LogP contribution >= 0.6 is 11.3 Å². The van der Waals surface area contributed by atoms with Crippen molar-refractivity contribution in [2.75, 3.05) is 5.32 Å². The second-order valence-electron chi connectivity index (χ2n) is 4.60. The predicted molar refractivity (Wildman–Crippen MR) is 74.7 cm³/mol. The summed E-state index contributed by atoms with van der Waals surface area (Å²) < 4.78 is 0. The number of carbonyl (C=O) groups is 2. The molecule has 20 heavy (non-hydrogen) atoms. The first kappa shape index (κ1) is 12.6. The molecular formula is C13H11N3O3S. The second-order valence-corrected chi connectivity index (χ2v) is 5.65. The summed E-state index contributed by atoms with van der Waals surface area (Å²) in [6.07, 6.45) is 3.34. The predicted octanol–water partition coefficient (Wildman–Crippen LogP) is 1.77. The van der Waals surface area contributed by atoms with Gasteiger partial charge in [-0.05, 0) is 30.7 Å². The van der Waals surface area contributed by atoms with Gasteiger partial charge in [0.05, 0.1) is 5.69 Å². The Morgan fingerprint density at radius 3 is 2.70 bits per heavy atom. The molecule has 2 aromatic heterocycles. The van der Waals surface area contributed by atoms with E-state index in [1.54, 1.807) is 18.5 Å². The molecule has 2 aromatic rings. The number of carboxylic acid groups (broad SMARTS) is 1. The number of pyridine rings is 1. The molecule has 1 amide bonds. The van der Waals surface area contributed by atoms with Crippen molar-refractivity contribution in [1.82, 2.24) is 10.3 Å². The molecule has 0 spiro atoms. The van der Waals surface area contributed by atoms with Crippen LogP contribution in [0.25, 0.3) is 10.4 Å². The van der Waals surface area contributed by atoms with Crippen molar-refractivity contribution >= 4 is 28.9 Å². The Kier molecular flexibility index (Phi) is 2.72. The van der Waals surface area contributed by atoms with E-state index in [0.717, 1.165) is 10.4 Å². The van der Waals surface area contributed by atoms with Crippen molar-refractivity contribution in [1.29, 1.82) is 0 Å². The number of aromatic nitrogens is 1. The van der Waals surface area contributed by atoms with E-state index in [4.69, 9.17) is 0 Å². The molecule has 3 N–H and O–H groups in total. The summed E-state index contributed by atoms with van der Waals surface area (Å²) in [4.78, 5) is 28.6. The molecule has 102 valence electrons. The molecule has 3 rings (SSSR count). The van der Waals surface area contributed by atoms with Crippen LogP contribution in [0.2, 0.25) is 0 Å². The lowest BCUT2D eigenvalue weighted by molar-refractivity contribution is -0.142. The maximum absolute atomic E-state index is 12.0. The summed E-state index contributed by atoms with van der Waals surface area (Å²) in [6, 6.07) is 5.46. The molecule has 3 heterocycles. The van der Waals surface area contributed by atoms with E-state index in [9.17, 15) is 14.7 Å². The lowest BCUT2D eigenvalue weighted by Crippen LogP contribution is -2.60. The summed E-state index contributed by atoms with van der Waals surface area (Å²) in [6.45, 7) is 1.42. The van der Waals surface area contributed by atoms with Crippen LogP contribution in [0.4, 0.5) is 5.69 Å². The zero-order valence-corrected chi connectivity index (χ0v) is 11.3. The Morgan fingerprint density at radius 1 is 1.35 bits per heavy atom. The molecule has 0 saturated carbocycles. The van der Waals surface area contributed by atoms with Crippen LogP contribution in [0.3, 0.4) is 0 Å². The second kappa shape index (κ2) is 4.31. The van der Waals surface area contributed by atoms with E-state index in [0.29, 0.717) is 10.6 Å². The molecule has 1 atom stereocenters. The normalized spacial score (nSPS) is 20.8. The third-order valence-corrected chi connectivity index (χ3v) is 4.26. The largest absolute Gasteiger partial charge is 0.478 e. The smallest absolute Gasteiger partial charge is 0.350 e. The van der Waals surface area contributed by atoms with Crippen LogP contribution in [-0.4, -0.2) is 27.6 Å². The molecule has 0 saturated heterocycles. The Morgan fingerprint density at radius 2 is 2.05 bits per heavy atom. The van der Waals surface area contributed by atoms with Gasteiger partial charge in [-0.25, -0.2) is 4.79 Å². The molecule has 0 aliphatic carbocycles. The number of carbonyl (C=O) groups excluding carboxylic acids is 1. The highest BCUT2D eigenvalue weighted by Gasteiger charge is 2.41. The minimum absolute atomic E-state index is 0.381. The number of fused-ring (bicyclic) bond motifs is 1. The minimum Gasteiger partial charge on any atom is -0.478 e. The van der Waals surface area contributed by atoms with Gasteiger partial charge in [0, 0.05) is 17.3 Å². The van der Waals surface area contributed by atoms with Crippen LogP contribution in [0.5, 0.6) is 0 Å². The van der Waals surface area contributed by atoms with Crippen LogP contribution in [0.1, 0.15) is 16.6 Å². The minimum atomic E-state index is -1.49. The average Bonchev–Trinajstić information content (AvgIpc) is 2.83. The summed E-state index contributed by atoms with van der Waals surface area (Å²) in [5, 5.41) is 14.5. The van der Waals surface area contributed by atoms with Gasteiger partial charge in [0.15, 0.2) is 0 Å². The molecule has 0 bridgehead atoms. The zero-order chi connectivity index (χ0) is 14.3. The number of rotatable bonds is 2. The molecule has 0 aromatic carbocycles. The third kappa shape index (κ3) is 1.92. The Hall–Kier alpha value is -2.41. The van der Waals surface area contributed by atoms with Crippen LogP contribution < -0.4 is 10.6 Å². The van der Waals surface area contributed by atoms with Gasteiger partial charge in [0.1, 0.15) is 4.88 Å². The van der Waals surface area contributed by atoms with Gasteiger partial charge < -0.3 is 15.7 Å². The first-order valence-electron chi connectivity index (χ1n) is 5.88. The van der Waals surface area contributed by atoms with E-state index >= 15 is 0 Å². The van der Waals surface area contributed by atoms with Crippen molar-refractivity contribution in [3.63, 3.8) is 0 Å². The maximum Gasteiger partial charge on any atom is 0.350 e.